The van der Waals surface area contributed by atoms with Crippen molar-refractivity contribution in [2.75, 3.05) is 13.7 Å². The Hall–Kier alpha value is -2.55. The highest BCUT2D eigenvalue weighted by molar-refractivity contribution is 5.94. The van der Waals surface area contributed by atoms with E-state index in [9.17, 15) is 24.1 Å². The fraction of sp³-hybridized carbons (Fsp3) is 0.333. The molecular formula is C12H13FN2O6. The Morgan fingerprint density at radius 1 is 1.52 bits per heavy atom. The maximum Gasteiger partial charge on any atom is 0.306 e. The van der Waals surface area contributed by atoms with Gasteiger partial charge in [-0.1, -0.05) is 0 Å². The van der Waals surface area contributed by atoms with E-state index in [4.69, 9.17) is 9.84 Å². The van der Waals surface area contributed by atoms with Gasteiger partial charge >= 0.3 is 11.7 Å². The molecular weight excluding hydrogens is 287 g/mol. The number of aliphatic carboxylic acids is 1. The molecule has 0 aliphatic rings. The Kier molecular flexibility index (Phi) is 5.73. The number of ether oxygens (including phenoxy) is 1. The van der Waals surface area contributed by atoms with E-state index >= 15 is 0 Å². The van der Waals surface area contributed by atoms with Crippen LogP contribution < -0.4 is 5.32 Å². The highest BCUT2D eigenvalue weighted by Crippen LogP contribution is 2.17. The normalized spacial score (nSPS) is 11.7. The Labute approximate surface area is 118 Å². The Bertz CT molecular complexity index is 563. The lowest BCUT2D eigenvalue weighted by molar-refractivity contribution is -0.387. The van der Waals surface area contributed by atoms with Gasteiger partial charge in [-0.15, -0.1) is 0 Å². The molecule has 21 heavy (non-hydrogen) atoms. The van der Waals surface area contributed by atoms with Crippen LogP contribution >= 0.6 is 0 Å². The first-order valence-electron chi connectivity index (χ1n) is 5.82. The molecule has 0 aliphatic heterocycles. The quantitative estimate of drug-likeness (QED) is 0.571. The number of hydrogen-bond acceptors (Lipinski definition) is 5. The molecule has 0 aliphatic carbocycles. The maximum absolute atomic E-state index is 13.4. The summed E-state index contributed by atoms with van der Waals surface area (Å²) in [6.45, 7) is -0.0831. The number of carbonyl (C=O) groups is 2. The van der Waals surface area contributed by atoms with Crippen molar-refractivity contribution in [3.05, 3.63) is 39.7 Å². The number of benzene rings is 1. The molecule has 0 radical (unpaired) electrons. The van der Waals surface area contributed by atoms with E-state index in [1.807, 2.05) is 0 Å². The number of carboxylic acids is 1. The second kappa shape index (κ2) is 7.29. The predicted octanol–water partition coefficient (Wildman–Crippen LogP) is 0.953. The molecule has 0 aromatic heterocycles. The Morgan fingerprint density at radius 3 is 2.67 bits per heavy atom. The van der Waals surface area contributed by atoms with Gasteiger partial charge in [-0.3, -0.25) is 19.7 Å². The molecule has 114 valence electrons. The van der Waals surface area contributed by atoms with E-state index in [-0.39, 0.29) is 18.5 Å². The van der Waals surface area contributed by atoms with Crippen molar-refractivity contribution in [2.24, 2.45) is 0 Å². The molecule has 0 spiro atoms. The number of amides is 1. The zero-order chi connectivity index (χ0) is 16.0. The molecule has 1 aromatic rings. The van der Waals surface area contributed by atoms with Gasteiger partial charge in [0.25, 0.3) is 5.91 Å². The van der Waals surface area contributed by atoms with Gasteiger partial charge in [0.1, 0.15) is 0 Å². The summed E-state index contributed by atoms with van der Waals surface area (Å²) in [7, 11) is 1.30. The number of carbonyl (C=O) groups excluding carboxylic acids is 1. The third kappa shape index (κ3) is 4.80. The molecule has 1 rings (SSSR count). The van der Waals surface area contributed by atoms with Gasteiger partial charge in [0, 0.05) is 25.3 Å². The summed E-state index contributed by atoms with van der Waals surface area (Å²) in [4.78, 5) is 31.8. The molecule has 0 saturated heterocycles. The standard InChI is InChI=1S/C12H13FN2O6/c1-21-8(5-11(16)17)6-14-12(18)7-2-3-10(15(19)20)9(13)4-7/h2-4,8H,5-6H2,1H3,(H,14,18)(H,16,17). The first-order valence-corrected chi connectivity index (χ1v) is 5.82. The second-order valence-electron chi connectivity index (χ2n) is 4.09. The van der Waals surface area contributed by atoms with Crippen molar-refractivity contribution in [3.63, 3.8) is 0 Å². The number of nitrogens with zero attached hydrogens (tertiary/aromatic N) is 1. The van der Waals surface area contributed by atoms with Crippen LogP contribution in [0.15, 0.2) is 18.2 Å². The average molecular weight is 300 g/mol. The monoisotopic (exact) mass is 300 g/mol. The van der Waals surface area contributed by atoms with Crippen molar-refractivity contribution >= 4 is 17.6 Å². The van der Waals surface area contributed by atoms with E-state index in [0.29, 0.717) is 0 Å². The third-order valence-corrected chi connectivity index (χ3v) is 2.63. The Balaban J connectivity index is 2.69. The fourth-order valence-electron chi connectivity index (χ4n) is 1.54. The smallest absolute Gasteiger partial charge is 0.306 e. The molecule has 0 heterocycles. The number of nitro groups is 1. The van der Waals surface area contributed by atoms with Crippen LogP contribution in [0.25, 0.3) is 0 Å². The van der Waals surface area contributed by atoms with E-state index in [0.717, 1.165) is 18.2 Å². The maximum atomic E-state index is 13.4. The van der Waals surface area contributed by atoms with Crippen molar-refractivity contribution in [1.82, 2.24) is 5.32 Å². The van der Waals surface area contributed by atoms with Crippen molar-refractivity contribution in [3.8, 4) is 0 Å². The summed E-state index contributed by atoms with van der Waals surface area (Å²) >= 11 is 0. The molecule has 1 unspecified atom stereocenters. The molecule has 1 atom stereocenters. The molecule has 1 aromatic carbocycles. The molecule has 8 nitrogen and oxygen atoms in total. The second-order valence-corrected chi connectivity index (χ2v) is 4.09. The summed E-state index contributed by atoms with van der Waals surface area (Å²) in [5, 5.41) is 21.4. The highest BCUT2D eigenvalue weighted by Gasteiger charge is 2.18. The van der Waals surface area contributed by atoms with Crippen LogP contribution in [0.4, 0.5) is 10.1 Å². The highest BCUT2D eigenvalue weighted by atomic mass is 19.1. The first-order chi connectivity index (χ1) is 9.85. The zero-order valence-corrected chi connectivity index (χ0v) is 11.0. The number of nitro benzene ring substituents is 1. The summed E-state index contributed by atoms with van der Waals surface area (Å²) in [5.41, 5.74) is -0.838. The van der Waals surface area contributed by atoms with E-state index in [2.05, 4.69) is 5.32 Å². The van der Waals surface area contributed by atoms with Crippen LogP contribution in [0.1, 0.15) is 16.8 Å². The van der Waals surface area contributed by atoms with Crippen LogP contribution in [0.3, 0.4) is 0 Å². The van der Waals surface area contributed by atoms with E-state index in [1.165, 1.54) is 7.11 Å². The fourth-order valence-corrected chi connectivity index (χ4v) is 1.54. The van der Waals surface area contributed by atoms with E-state index < -0.39 is 34.4 Å². The van der Waals surface area contributed by atoms with Crippen LogP contribution in [-0.4, -0.2) is 41.7 Å². The lowest BCUT2D eigenvalue weighted by atomic mass is 10.1. The summed E-state index contributed by atoms with van der Waals surface area (Å²) < 4.78 is 18.2. The number of rotatable bonds is 7. The number of carboxylic acid groups (broad SMARTS) is 1. The van der Waals surface area contributed by atoms with Gasteiger partial charge in [-0.05, 0) is 12.1 Å². The molecule has 9 heteroatoms. The zero-order valence-electron chi connectivity index (χ0n) is 11.0. The minimum Gasteiger partial charge on any atom is -0.481 e. The molecule has 1 amide bonds. The van der Waals surface area contributed by atoms with Gasteiger partial charge in [-0.25, -0.2) is 0 Å². The minimum atomic E-state index is -1.12. The molecule has 0 fully saturated rings. The molecule has 0 bridgehead atoms. The van der Waals surface area contributed by atoms with Crippen LogP contribution in [0, 0.1) is 15.9 Å². The van der Waals surface area contributed by atoms with Crippen molar-refractivity contribution in [1.29, 1.82) is 0 Å². The van der Waals surface area contributed by atoms with E-state index in [1.54, 1.807) is 0 Å². The molecule has 0 saturated carbocycles. The van der Waals surface area contributed by atoms with Gasteiger partial charge in [-0.2, -0.15) is 4.39 Å². The number of methoxy groups -OCH3 is 1. The Morgan fingerprint density at radius 2 is 2.19 bits per heavy atom. The summed E-state index contributed by atoms with van der Waals surface area (Å²) in [5.74, 6) is -2.89. The lowest BCUT2D eigenvalue weighted by Gasteiger charge is -2.13. The third-order valence-electron chi connectivity index (χ3n) is 2.63. The summed E-state index contributed by atoms with van der Waals surface area (Å²) in [6, 6.07) is 2.73. The lowest BCUT2D eigenvalue weighted by Crippen LogP contribution is -2.34. The van der Waals surface area contributed by atoms with Crippen LogP contribution in [0.5, 0.6) is 0 Å². The number of nitrogens with one attached hydrogen (secondary N) is 1. The predicted molar refractivity (Wildman–Crippen MR) is 68.4 cm³/mol. The number of halogens is 1. The average Bonchev–Trinajstić information content (AvgIpc) is 2.42. The number of hydrogen-bond donors (Lipinski definition) is 2. The summed E-state index contributed by atoms with van der Waals surface area (Å²) in [6.07, 6.45) is -1.03. The topological polar surface area (TPSA) is 119 Å². The van der Waals surface area contributed by atoms with Gasteiger partial charge in [0.15, 0.2) is 0 Å². The largest absolute Gasteiger partial charge is 0.481 e. The first kappa shape index (κ1) is 16.5. The van der Waals surface area contributed by atoms with Crippen molar-refractivity contribution < 1.29 is 28.7 Å². The van der Waals surface area contributed by atoms with Gasteiger partial charge < -0.3 is 15.2 Å². The van der Waals surface area contributed by atoms with Crippen LogP contribution in [-0.2, 0) is 9.53 Å². The van der Waals surface area contributed by atoms with Crippen molar-refractivity contribution in [2.45, 2.75) is 12.5 Å². The minimum absolute atomic E-state index is 0.0831. The SMILES string of the molecule is COC(CNC(=O)c1ccc([N+](=O)[O-])c(F)c1)CC(=O)O. The van der Waals surface area contributed by atoms with Crippen LogP contribution in [0.2, 0.25) is 0 Å². The van der Waals surface area contributed by atoms with Gasteiger partial charge in [0.05, 0.1) is 17.4 Å². The van der Waals surface area contributed by atoms with Gasteiger partial charge in [0.2, 0.25) is 5.82 Å². The molecule has 2 N–H and O–H groups in total.